The van der Waals surface area contributed by atoms with Crippen LogP contribution < -0.4 is 26.8 Å². The maximum Gasteiger partial charge on any atom is 0.329 e. The van der Waals surface area contributed by atoms with Crippen molar-refractivity contribution in [2.75, 3.05) is 76.2 Å². The van der Waals surface area contributed by atoms with Crippen molar-refractivity contribution >= 4 is 56.7 Å². The van der Waals surface area contributed by atoms with E-state index < -0.39 is 23.6 Å². The van der Waals surface area contributed by atoms with Gasteiger partial charge in [0, 0.05) is 127 Å². The standard InChI is InChI=1S/C52H59F2N11O5/c1-31-25-35(26-37(53)47(31)34-14-19-61(20-15-34)32(2)44-27-36-40(11-16-56-49(36)58(44)4)64-30-38(54)39(55-3)28-46(64)67)51(69)63-17-12-33(13-18-63)29-60-21-23-62(24-22-60)41-7-6-8-42-48(41)59(5)52(70)65(42)43-9-10-45(66)57-50(43)68/h6-8,11,14,16,25-28,30,32-33,43,55H,9-10,12-13,15,17-24,29H2,1-5H3,(H,57,66,68)/t32-,43?/m0/s1. The van der Waals surface area contributed by atoms with Crippen LogP contribution in [0, 0.1) is 24.5 Å². The normalized spacial score (nSPS) is 19.2. The highest BCUT2D eigenvalue weighted by Gasteiger charge is 2.34. The van der Waals surface area contributed by atoms with Crippen molar-refractivity contribution in [1.29, 1.82) is 0 Å². The Balaban J connectivity index is 0.740. The summed E-state index contributed by atoms with van der Waals surface area (Å²) in [7, 11) is 5.23. The number of nitrogens with zero attached hydrogens (tertiary/aromatic N) is 9. The molecule has 4 aromatic heterocycles. The lowest BCUT2D eigenvalue weighted by atomic mass is 9.92. The number of hydrogen-bond acceptors (Lipinski definition) is 10. The molecule has 0 spiro atoms. The summed E-state index contributed by atoms with van der Waals surface area (Å²) < 4.78 is 37.4. The van der Waals surface area contributed by atoms with Gasteiger partial charge in [0.15, 0.2) is 5.82 Å². The molecule has 0 saturated carbocycles. The van der Waals surface area contributed by atoms with Crippen LogP contribution in [0.4, 0.5) is 20.2 Å². The number of fused-ring (bicyclic) bond motifs is 2. The third kappa shape index (κ3) is 8.39. The number of likely N-dealkylation sites (tertiary alicyclic amines) is 1. The van der Waals surface area contributed by atoms with Crippen LogP contribution in [0.3, 0.4) is 0 Å². The van der Waals surface area contributed by atoms with Crippen molar-refractivity contribution in [3.8, 4) is 5.69 Å². The SMILES string of the molecule is CNc1cc(=O)n(-c2ccnc3c2cc([C@H](C)N2CC=C(c4c(C)cc(C(=O)N5CCC(CN6CCN(c7cccc8c7n(C)c(=O)n8C7CCC(=O)NC7=O)CC6)CC5)cc4F)CC2)n3C)cc1F. The second-order valence-corrected chi connectivity index (χ2v) is 19.3. The van der Waals surface area contributed by atoms with Gasteiger partial charge < -0.3 is 19.7 Å². The minimum atomic E-state index is -0.734. The predicted molar refractivity (Wildman–Crippen MR) is 265 cm³/mol. The molecule has 0 radical (unpaired) electrons. The Labute approximate surface area is 403 Å². The number of hydrogen-bond donors (Lipinski definition) is 2. The van der Waals surface area contributed by atoms with E-state index in [4.69, 9.17) is 0 Å². The van der Waals surface area contributed by atoms with Crippen LogP contribution in [0.5, 0.6) is 0 Å². The third-order valence-electron chi connectivity index (χ3n) is 15.3. The lowest BCUT2D eigenvalue weighted by molar-refractivity contribution is -0.135. The van der Waals surface area contributed by atoms with E-state index in [9.17, 15) is 28.4 Å². The molecule has 2 aromatic carbocycles. The minimum Gasteiger partial charge on any atom is -0.386 e. The Morgan fingerprint density at radius 3 is 2.36 bits per heavy atom. The number of aryl methyl sites for hydroxylation is 3. The van der Waals surface area contributed by atoms with Gasteiger partial charge in [-0.25, -0.2) is 18.6 Å². The van der Waals surface area contributed by atoms with Gasteiger partial charge in [-0.15, -0.1) is 0 Å². The number of halogens is 2. The van der Waals surface area contributed by atoms with Gasteiger partial charge in [-0.2, -0.15) is 0 Å². The highest BCUT2D eigenvalue weighted by Crippen LogP contribution is 2.35. The maximum absolute atomic E-state index is 16.1. The summed E-state index contributed by atoms with van der Waals surface area (Å²) in [5.74, 6) is -1.41. The molecule has 0 aliphatic carbocycles. The first-order valence-electron chi connectivity index (χ1n) is 24.3. The van der Waals surface area contributed by atoms with E-state index in [0.717, 1.165) is 79.0 Å². The van der Waals surface area contributed by atoms with Gasteiger partial charge in [0.05, 0.1) is 34.3 Å². The van der Waals surface area contributed by atoms with Gasteiger partial charge >= 0.3 is 5.69 Å². The molecule has 16 nitrogen and oxygen atoms in total. The molecular weight excluding hydrogens is 897 g/mol. The number of para-hydroxylation sites is 1. The van der Waals surface area contributed by atoms with Crippen LogP contribution in [0.2, 0.25) is 0 Å². The lowest BCUT2D eigenvalue weighted by Crippen LogP contribution is -2.49. The zero-order chi connectivity index (χ0) is 49.1. The summed E-state index contributed by atoms with van der Waals surface area (Å²) in [5, 5.41) is 5.82. The monoisotopic (exact) mass is 955 g/mol. The van der Waals surface area contributed by atoms with E-state index in [1.165, 1.54) is 27.5 Å². The first-order chi connectivity index (χ1) is 33.7. The number of nitrogens with one attached hydrogen (secondary N) is 2. The average Bonchev–Trinajstić information content (AvgIpc) is 3.83. The molecule has 6 aromatic rings. The van der Waals surface area contributed by atoms with E-state index in [1.807, 2.05) is 53.8 Å². The van der Waals surface area contributed by atoms with E-state index in [-0.39, 0.29) is 47.6 Å². The van der Waals surface area contributed by atoms with Crippen molar-refractivity contribution < 1.29 is 23.2 Å². The Bertz CT molecular complexity index is 3200. The molecule has 4 aliphatic rings. The van der Waals surface area contributed by atoms with Gasteiger partial charge in [0.1, 0.15) is 17.5 Å². The quantitative estimate of drug-likeness (QED) is 0.168. The van der Waals surface area contributed by atoms with Crippen molar-refractivity contribution in [1.82, 2.24) is 43.3 Å². The van der Waals surface area contributed by atoms with Crippen LogP contribution in [0.1, 0.15) is 78.3 Å². The van der Waals surface area contributed by atoms with E-state index in [2.05, 4.69) is 43.3 Å². The molecule has 3 saturated heterocycles. The third-order valence-corrected chi connectivity index (χ3v) is 15.3. The Hall–Kier alpha value is -6.92. The van der Waals surface area contributed by atoms with Gasteiger partial charge in [-0.3, -0.25) is 48.0 Å². The molecule has 4 aliphatic heterocycles. The second-order valence-electron chi connectivity index (χ2n) is 19.3. The van der Waals surface area contributed by atoms with E-state index >= 15 is 4.39 Å². The molecular formula is C52H59F2N11O5. The number of piperazine rings is 1. The Morgan fingerprint density at radius 1 is 0.886 bits per heavy atom. The molecule has 3 fully saturated rings. The zero-order valence-electron chi connectivity index (χ0n) is 40.3. The summed E-state index contributed by atoms with van der Waals surface area (Å²) in [4.78, 5) is 78.5. The van der Waals surface area contributed by atoms with E-state index in [0.29, 0.717) is 66.5 Å². The molecule has 18 heteroatoms. The van der Waals surface area contributed by atoms with Gasteiger partial charge in [-0.05, 0) is 93.0 Å². The largest absolute Gasteiger partial charge is 0.386 e. The van der Waals surface area contributed by atoms with Crippen molar-refractivity contribution in [2.45, 2.75) is 58.0 Å². The maximum atomic E-state index is 16.1. The number of aromatic nitrogens is 5. The summed E-state index contributed by atoms with van der Waals surface area (Å²) in [5.41, 5.74) is 6.65. The highest BCUT2D eigenvalue weighted by molar-refractivity contribution is 6.00. The van der Waals surface area contributed by atoms with Crippen LogP contribution in [0.25, 0.3) is 33.3 Å². The summed E-state index contributed by atoms with van der Waals surface area (Å²) in [6.07, 6.45) is 7.72. The summed E-state index contributed by atoms with van der Waals surface area (Å²) in [6.45, 7) is 10.6. The second kappa shape index (κ2) is 18.8. The molecule has 366 valence electrons. The van der Waals surface area contributed by atoms with Crippen molar-refractivity contribution in [3.63, 3.8) is 0 Å². The summed E-state index contributed by atoms with van der Waals surface area (Å²) in [6, 6.07) is 13.2. The number of benzene rings is 2. The number of carbonyl (C=O) groups excluding carboxylic acids is 3. The lowest BCUT2D eigenvalue weighted by Gasteiger charge is -2.39. The molecule has 3 amide bonds. The average molecular weight is 956 g/mol. The Kier molecular flexibility index (Phi) is 12.5. The molecule has 8 heterocycles. The van der Waals surface area contributed by atoms with Gasteiger partial charge in [0.2, 0.25) is 11.8 Å². The Morgan fingerprint density at radius 2 is 1.66 bits per heavy atom. The first kappa shape index (κ1) is 46.8. The summed E-state index contributed by atoms with van der Waals surface area (Å²) >= 11 is 0. The molecule has 1 unspecified atom stereocenters. The molecule has 10 rings (SSSR count). The smallest absolute Gasteiger partial charge is 0.329 e. The van der Waals surface area contributed by atoms with Gasteiger partial charge in [-0.1, -0.05) is 12.1 Å². The minimum absolute atomic E-state index is 0.0504. The van der Waals surface area contributed by atoms with E-state index in [1.54, 1.807) is 30.9 Å². The van der Waals surface area contributed by atoms with Gasteiger partial charge in [0.25, 0.3) is 11.5 Å². The number of piperidine rings is 2. The van der Waals surface area contributed by atoms with Crippen molar-refractivity contribution in [3.05, 3.63) is 122 Å². The molecule has 2 atom stereocenters. The zero-order valence-corrected chi connectivity index (χ0v) is 40.3. The number of pyridine rings is 2. The molecule has 0 bridgehead atoms. The number of rotatable bonds is 10. The molecule has 2 N–H and O–H groups in total. The first-order valence-corrected chi connectivity index (χ1v) is 24.3. The number of anilines is 2. The molecule has 70 heavy (non-hydrogen) atoms. The number of imide groups is 1. The van der Waals surface area contributed by atoms with Crippen LogP contribution in [-0.2, 0) is 23.7 Å². The van der Waals surface area contributed by atoms with Crippen LogP contribution >= 0.6 is 0 Å². The number of carbonyl (C=O) groups is 3. The number of amides is 3. The predicted octanol–water partition coefficient (Wildman–Crippen LogP) is 5.51. The number of imidazole rings is 1. The fraction of sp³-hybridized carbons (Fsp3) is 0.423. The fourth-order valence-electron chi connectivity index (χ4n) is 11.4. The topological polar surface area (TPSA) is 155 Å². The van der Waals surface area contributed by atoms with Crippen molar-refractivity contribution in [2.24, 2.45) is 20.0 Å². The fourth-order valence-corrected chi connectivity index (χ4v) is 11.4. The highest BCUT2D eigenvalue weighted by atomic mass is 19.1. The van der Waals surface area contributed by atoms with Crippen LogP contribution in [0.15, 0.2) is 76.6 Å². The van der Waals surface area contributed by atoms with Crippen LogP contribution in [-0.4, -0.2) is 122 Å².